The van der Waals surface area contributed by atoms with E-state index >= 15 is 0 Å². The zero-order valence-electron chi connectivity index (χ0n) is 9.73. The Bertz CT molecular complexity index is 264. The van der Waals surface area contributed by atoms with Crippen LogP contribution in [0.5, 0.6) is 0 Å². The molecule has 84 valence electrons. The maximum absolute atomic E-state index is 4.02. The van der Waals surface area contributed by atoms with Crippen LogP contribution in [0.3, 0.4) is 0 Å². The van der Waals surface area contributed by atoms with Crippen molar-refractivity contribution in [1.82, 2.24) is 10.3 Å². The first-order chi connectivity index (χ1) is 7.24. The van der Waals surface area contributed by atoms with Gasteiger partial charge in [-0.25, -0.2) is 0 Å². The van der Waals surface area contributed by atoms with Gasteiger partial charge in [0, 0.05) is 23.7 Å². The Morgan fingerprint density at radius 1 is 1.33 bits per heavy atom. The molecule has 0 aliphatic carbocycles. The van der Waals surface area contributed by atoms with Gasteiger partial charge in [0.1, 0.15) is 0 Å². The molecule has 0 aliphatic heterocycles. The number of nitrogens with zero attached hydrogens (tertiary/aromatic N) is 1. The standard InChI is InChI=1S/C12H20N2S/c1-10(15-3)4-9-14-11(2)12-5-7-13-8-6-12/h5-8,10-11,14H,4,9H2,1-3H3. The quantitative estimate of drug-likeness (QED) is 0.804. The van der Waals surface area contributed by atoms with Crippen LogP contribution in [0.2, 0.25) is 0 Å². The van der Waals surface area contributed by atoms with Crippen LogP contribution in [0, 0.1) is 0 Å². The maximum Gasteiger partial charge on any atom is 0.0292 e. The van der Waals surface area contributed by atoms with Crippen molar-refractivity contribution < 1.29 is 0 Å². The van der Waals surface area contributed by atoms with E-state index in [4.69, 9.17) is 0 Å². The summed E-state index contributed by atoms with van der Waals surface area (Å²) in [5, 5.41) is 4.26. The molecule has 0 radical (unpaired) electrons. The number of rotatable bonds is 6. The van der Waals surface area contributed by atoms with E-state index in [2.05, 4.69) is 42.5 Å². The Balaban J connectivity index is 2.28. The SMILES string of the molecule is CSC(C)CCNC(C)c1ccncc1. The summed E-state index contributed by atoms with van der Waals surface area (Å²) in [6.45, 7) is 5.54. The minimum absolute atomic E-state index is 0.419. The molecule has 1 aromatic heterocycles. The molecular weight excluding hydrogens is 204 g/mol. The van der Waals surface area contributed by atoms with Gasteiger partial charge in [-0.1, -0.05) is 6.92 Å². The van der Waals surface area contributed by atoms with Gasteiger partial charge in [-0.2, -0.15) is 11.8 Å². The molecule has 0 spiro atoms. The Hall–Kier alpha value is -0.540. The first-order valence-electron chi connectivity index (χ1n) is 5.40. The molecule has 2 atom stereocenters. The Morgan fingerprint density at radius 3 is 2.60 bits per heavy atom. The van der Waals surface area contributed by atoms with Crippen molar-refractivity contribution in [1.29, 1.82) is 0 Å². The second-order valence-corrected chi connectivity index (χ2v) is 5.07. The normalized spacial score (nSPS) is 14.9. The van der Waals surface area contributed by atoms with E-state index < -0.39 is 0 Å². The lowest BCUT2D eigenvalue weighted by Crippen LogP contribution is -2.21. The minimum Gasteiger partial charge on any atom is -0.310 e. The molecule has 0 fully saturated rings. The highest BCUT2D eigenvalue weighted by atomic mass is 32.2. The smallest absolute Gasteiger partial charge is 0.0292 e. The largest absolute Gasteiger partial charge is 0.310 e. The summed E-state index contributed by atoms with van der Waals surface area (Å²) in [5.41, 5.74) is 1.31. The number of hydrogen-bond acceptors (Lipinski definition) is 3. The number of hydrogen-bond donors (Lipinski definition) is 1. The summed E-state index contributed by atoms with van der Waals surface area (Å²) in [5.74, 6) is 0. The molecule has 2 nitrogen and oxygen atoms in total. The Kier molecular flexibility index (Phi) is 5.73. The van der Waals surface area contributed by atoms with E-state index in [1.807, 2.05) is 24.2 Å². The van der Waals surface area contributed by atoms with Gasteiger partial charge in [-0.15, -0.1) is 0 Å². The lowest BCUT2D eigenvalue weighted by molar-refractivity contribution is 0.557. The van der Waals surface area contributed by atoms with Crippen LogP contribution in [0.15, 0.2) is 24.5 Å². The van der Waals surface area contributed by atoms with E-state index in [0.29, 0.717) is 6.04 Å². The van der Waals surface area contributed by atoms with Crippen molar-refractivity contribution >= 4 is 11.8 Å². The third-order valence-electron chi connectivity index (χ3n) is 2.61. The predicted octanol–water partition coefficient (Wildman–Crippen LogP) is 2.87. The monoisotopic (exact) mass is 224 g/mol. The third kappa shape index (κ3) is 4.67. The van der Waals surface area contributed by atoms with E-state index in [9.17, 15) is 0 Å². The highest BCUT2D eigenvalue weighted by Crippen LogP contribution is 2.12. The molecule has 0 saturated heterocycles. The predicted molar refractivity (Wildman–Crippen MR) is 68.2 cm³/mol. The van der Waals surface area contributed by atoms with Crippen LogP contribution < -0.4 is 5.32 Å². The molecule has 0 aliphatic rings. The van der Waals surface area contributed by atoms with E-state index in [0.717, 1.165) is 11.8 Å². The van der Waals surface area contributed by atoms with E-state index in [1.165, 1.54) is 12.0 Å². The van der Waals surface area contributed by atoms with Gasteiger partial charge in [0.25, 0.3) is 0 Å². The molecule has 1 heterocycles. The van der Waals surface area contributed by atoms with Gasteiger partial charge >= 0.3 is 0 Å². The lowest BCUT2D eigenvalue weighted by atomic mass is 10.1. The van der Waals surface area contributed by atoms with Crippen molar-refractivity contribution in [3.8, 4) is 0 Å². The van der Waals surface area contributed by atoms with Gasteiger partial charge in [-0.05, 0) is 43.8 Å². The van der Waals surface area contributed by atoms with Gasteiger partial charge in [0.2, 0.25) is 0 Å². The molecule has 15 heavy (non-hydrogen) atoms. The number of pyridine rings is 1. The average Bonchev–Trinajstić information content (AvgIpc) is 2.29. The zero-order chi connectivity index (χ0) is 11.1. The fourth-order valence-electron chi connectivity index (χ4n) is 1.39. The topological polar surface area (TPSA) is 24.9 Å². The van der Waals surface area contributed by atoms with Crippen molar-refractivity contribution in [3.63, 3.8) is 0 Å². The fourth-order valence-corrected chi connectivity index (χ4v) is 1.74. The van der Waals surface area contributed by atoms with Crippen molar-refractivity contribution in [3.05, 3.63) is 30.1 Å². The van der Waals surface area contributed by atoms with Gasteiger partial charge in [-0.3, -0.25) is 4.98 Å². The van der Waals surface area contributed by atoms with E-state index in [-0.39, 0.29) is 0 Å². The summed E-state index contributed by atoms with van der Waals surface area (Å²) in [6.07, 6.45) is 7.07. The first-order valence-corrected chi connectivity index (χ1v) is 6.69. The molecule has 3 heteroatoms. The van der Waals surface area contributed by atoms with Crippen LogP contribution in [0.25, 0.3) is 0 Å². The van der Waals surface area contributed by atoms with Gasteiger partial charge in [0.15, 0.2) is 0 Å². The highest BCUT2D eigenvalue weighted by molar-refractivity contribution is 7.99. The summed E-state index contributed by atoms with van der Waals surface area (Å²) in [7, 11) is 0. The average molecular weight is 224 g/mol. The molecule has 0 aromatic carbocycles. The fraction of sp³-hybridized carbons (Fsp3) is 0.583. The second kappa shape index (κ2) is 6.85. The summed E-state index contributed by atoms with van der Waals surface area (Å²) in [4.78, 5) is 4.02. The highest BCUT2D eigenvalue weighted by Gasteiger charge is 2.04. The summed E-state index contributed by atoms with van der Waals surface area (Å²) in [6, 6.07) is 4.55. The maximum atomic E-state index is 4.02. The van der Waals surface area contributed by atoms with Crippen molar-refractivity contribution in [2.45, 2.75) is 31.6 Å². The zero-order valence-corrected chi connectivity index (χ0v) is 10.6. The van der Waals surface area contributed by atoms with Crippen molar-refractivity contribution in [2.75, 3.05) is 12.8 Å². The Morgan fingerprint density at radius 2 is 2.00 bits per heavy atom. The molecule has 1 N–H and O–H groups in total. The second-order valence-electron chi connectivity index (χ2n) is 3.79. The molecule has 2 unspecified atom stereocenters. The third-order valence-corrected chi connectivity index (χ3v) is 3.65. The molecule has 0 saturated carbocycles. The summed E-state index contributed by atoms with van der Waals surface area (Å²) >= 11 is 1.92. The molecular formula is C12H20N2S. The molecule has 0 bridgehead atoms. The van der Waals surface area contributed by atoms with Crippen LogP contribution in [-0.4, -0.2) is 23.0 Å². The van der Waals surface area contributed by atoms with Gasteiger partial charge < -0.3 is 5.32 Å². The van der Waals surface area contributed by atoms with Gasteiger partial charge in [0.05, 0.1) is 0 Å². The summed E-state index contributed by atoms with van der Waals surface area (Å²) < 4.78 is 0. The lowest BCUT2D eigenvalue weighted by Gasteiger charge is -2.15. The Labute approximate surface area is 96.9 Å². The van der Waals surface area contributed by atoms with Crippen LogP contribution in [0.4, 0.5) is 0 Å². The molecule has 0 amide bonds. The number of aromatic nitrogens is 1. The van der Waals surface area contributed by atoms with Crippen LogP contribution in [-0.2, 0) is 0 Å². The molecule has 1 aromatic rings. The minimum atomic E-state index is 0.419. The van der Waals surface area contributed by atoms with Crippen LogP contribution in [0.1, 0.15) is 31.9 Å². The number of thioether (sulfide) groups is 1. The van der Waals surface area contributed by atoms with Crippen molar-refractivity contribution in [2.24, 2.45) is 0 Å². The van der Waals surface area contributed by atoms with E-state index in [1.54, 1.807) is 0 Å². The number of nitrogens with one attached hydrogen (secondary N) is 1. The van der Waals surface area contributed by atoms with Crippen LogP contribution >= 0.6 is 11.8 Å². The first kappa shape index (κ1) is 12.5. The molecule has 1 rings (SSSR count).